The van der Waals surface area contributed by atoms with Gasteiger partial charge in [0, 0.05) is 16.4 Å². The van der Waals surface area contributed by atoms with E-state index in [0.29, 0.717) is 16.6 Å². The zero-order valence-electron chi connectivity index (χ0n) is 12.5. The molecule has 9 heteroatoms. The molecule has 0 aliphatic heterocycles. The molecule has 0 atom stereocenters. The largest absolute Gasteiger partial charge is 0.266 e. The standard InChI is InChI=1S/C14H14ClN5O2S/c1-9-6-10(2)20-13(18-19-14(20)17-9)8-16-23(21,22)12-5-3-4-11(15)7-12/h3-7,16H,8H2,1-2H3. The van der Waals surface area contributed by atoms with Crippen LogP contribution in [0.5, 0.6) is 0 Å². The Hall–Kier alpha value is -2.03. The molecule has 0 aliphatic carbocycles. The molecule has 1 N–H and O–H groups in total. The molecule has 1 aromatic carbocycles. The highest BCUT2D eigenvalue weighted by Crippen LogP contribution is 2.16. The maximum Gasteiger partial charge on any atom is 0.255 e. The van der Waals surface area contributed by atoms with Crippen LogP contribution in [0.2, 0.25) is 5.02 Å². The summed E-state index contributed by atoms with van der Waals surface area (Å²) >= 11 is 5.84. The van der Waals surface area contributed by atoms with E-state index in [1.807, 2.05) is 19.9 Å². The van der Waals surface area contributed by atoms with Crippen LogP contribution in [-0.2, 0) is 16.6 Å². The van der Waals surface area contributed by atoms with E-state index in [1.54, 1.807) is 16.5 Å². The maximum atomic E-state index is 12.3. The van der Waals surface area contributed by atoms with E-state index in [-0.39, 0.29) is 11.4 Å². The monoisotopic (exact) mass is 351 g/mol. The van der Waals surface area contributed by atoms with Crippen molar-refractivity contribution in [2.75, 3.05) is 0 Å². The number of fused-ring (bicyclic) bond motifs is 1. The first kappa shape index (κ1) is 15.9. The highest BCUT2D eigenvalue weighted by Gasteiger charge is 2.17. The third-order valence-corrected chi connectivity index (χ3v) is 4.92. The van der Waals surface area contributed by atoms with Crippen LogP contribution in [0.4, 0.5) is 0 Å². The topological polar surface area (TPSA) is 89.2 Å². The van der Waals surface area contributed by atoms with Crippen molar-refractivity contribution in [2.24, 2.45) is 0 Å². The molecule has 0 aliphatic rings. The summed E-state index contributed by atoms with van der Waals surface area (Å²) in [6, 6.07) is 7.95. The first-order valence-electron chi connectivity index (χ1n) is 6.80. The molecular weight excluding hydrogens is 338 g/mol. The molecule has 0 bridgehead atoms. The van der Waals surface area contributed by atoms with Gasteiger partial charge >= 0.3 is 0 Å². The minimum absolute atomic E-state index is 0.00158. The fourth-order valence-corrected chi connectivity index (χ4v) is 3.57. The lowest BCUT2D eigenvalue weighted by Gasteiger charge is -2.07. The van der Waals surface area contributed by atoms with Gasteiger partial charge in [-0.3, -0.25) is 4.40 Å². The number of nitrogens with one attached hydrogen (secondary N) is 1. The van der Waals surface area contributed by atoms with Crippen molar-refractivity contribution in [2.45, 2.75) is 25.3 Å². The molecule has 0 unspecified atom stereocenters. The van der Waals surface area contributed by atoms with Crippen molar-refractivity contribution in [3.63, 3.8) is 0 Å². The molecule has 0 fully saturated rings. The minimum atomic E-state index is -3.68. The second kappa shape index (κ2) is 5.88. The number of benzene rings is 1. The highest BCUT2D eigenvalue weighted by molar-refractivity contribution is 7.89. The van der Waals surface area contributed by atoms with Gasteiger partial charge in [-0.05, 0) is 38.1 Å². The van der Waals surface area contributed by atoms with Crippen LogP contribution >= 0.6 is 11.6 Å². The summed E-state index contributed by atoms with van der Waals surface area (Å²) in [6.45, 7) is 3.75. The van der Waals surface area contributed by atoms with Crippen LogP contribution in [0, 0.1) is 13.8 Å². The molecule has 0 spiro atoms. The van der Waals surface area contributed by atoms with Crippen LogP contribution in [0.3, 0.4) is 0 Å². The van der Waals surface area contributed by atoms with Crippen molar-refractivity contribution < 1.29 is 8.42 Å². The lowest BCUT2D eigenvalue weighted by Crippen LogP contribution is -2.24. The number of rotatable bonds is 4. The third kappa shape index (κ3) is 3.19. The lowest BCUT2D eigenvalue weighted by molar-refractivity contribution is 0.578. The van der Waals surface area contributed by atoms with Crippen LogP contribution in [0.25, 0.3) is 5.78 Å². The number of sulfonamides is 1. The second-order valence-corrected chi connectivity index (χ2v) is 7.28. The van der Waals surface area contributed by atoms with Crippen LogP contribution in [-0.4, -0.2) is 28.0 Å². The number of hydrogen-bond donors (Lipinski definition) is 1. The van der Waals surface area contributed by atoms with E-state index in [2.05, 4.69) is 19.9 Å². The second-order valence-electron chi connectivity index (χ2n) is 5.07. The molecule has 0 amide bonds. The quantitative estimate of drug-likeness (QED) is 0.775. The van der Waals surface area contributed by atoms with E-state index in [9.17, 15) is 8.42 Å². The average Bonchev–Trinajstić information content (AvgIpc) is 2.88. The summed E-state index contributed by atoms with van der Waals surface area (Å²) in [5.41, 5.74) is 1.71. The van der Waals surface area contributed by atoms with Gasteiger partial charge in [-0.15, -0.1) is 10.2 Å². The average molecular weight is 352 g/mol. The number of aromatic nitrogens is 4. The van der Waals surface area contributed by atoms with E-state index >= 15 is 0 Å². The van der Waals surface area contributed by atoms with Gasteiger partial charge < -0.3 is 0 Å². The van der Waals surface area contributed by atoms with E-state index in [1.165, 1.54) is 12.1 Å². The maximum absolute atomic E-state index is 12.3. The molecule has 23 heavy (non-hydrogen) atoms. The van der Waals surface area contributed by atoms with Gasteiger partial charge in [0.05, 0.1) is 11.4 Å². The first-order chi connectivity index (χ1) is 10.9. The summed E-state index contributed by atoms with van der Waals surface area (Å²) in [4.78, 5) is 4.37. The van der Waals surface area contributed by atoms with Crippen molar-refractivity contribution in [1.82, 2.24) is 24.3 Å². The summed E-state index contributed by atoms with van der Waals surface area (Å²) in [6.07, 6.45) is 0. The Balaban J connectivity index is 1.89. The molecule has 3 aromatic rings. The van der Waals surface area contributed by atoms with Gasteiger partial charge in [0.2, 0.25) is 10.0 Å². The summed E-state index contributed by atoms with van der Waals surface area (Å²) in [5, 5.41) is 8.34. The molecule has 2 heterocycles. The Morgan fingerprint density at radius 1 is 1.22 bits per heavy atom. The van der Waals surface area contributed by atoms with Crippen LogP contribution < -0.4 is 4.72 Å². The molecule has 2 aromatic heterocycles. The molecular formula is C14H14ClN5O2S. The van der Waals surface area contributed by atoms with Crippen molar-refractivity contribution in [1.29, 1.82) is 0 Å². The van der Waals surface area contributed by atoms with Crippen LogP contribution in [0.15, 0.2) is 35.2 Å². The number of halogens is 1. The lowest BCUT2D eigenvalue weighted by atomic mass is 10.3. The number of hydrogen-bond acceptors (Lipinski definition) is 5. The van der Waals surface area contributed by atoms with Gasteiger partial charge in [0.1, 0.15) is 0 Å². The Morgan fingerprint density at radius 2 is 2.00 bits per heavy atom. The van der Waals surface area contributed by atoms with E-state index < -0.39 is 10.0 Å². The molecule has 120 valence electrons. The van der Waals surface area contributed by atoms with Gasteiger partial charge in [-0.25, -0.2) is 18.1 Å². The van der Waals surface area contributed by atoms with Crippen molar-refractivity contribution in [3.05, 3.63) is 52.6 Å². The highest BCUT2D eigenvalue weighted by atomic mass is 35.5. The fourth-order valence-electron chi connectivity index (χ4n) is 2.29. The molecule has 0 saturated carbocycles. The van der Waals surface area contributed by atoms with Crippen molar-refractivity contribution >= 4 is 27.4 Å². The van der Waals surface area contributed by atoms with Gasteiger partial charge in [0.15, 0.2) is 5.82 Å². The summed E-state index contributed by atoms with van der Waals surface area (Å²) in [5.74, 6) is 0.912. The molecule has 0 radical (unpaired) electrons. The van der Waals surface area contributed by atoms with Gasteiger partial charge in [-0.1, -0.05) is 17.7 Å². The number of aryl methyl sites for hydroxylation is 2. The predicted octanol–water partition coefficient (Wildman–Crippen LogP) is 1.87. The fraction of sp³-hybridized carbons (Fsp3) is 0.214. The summed E-state index contributed by atoms with van der Waals surface area (Å²) in [7, 11) is -3.68. The summed E-state index contributed by atoms with van der Waals surface area (Å²) < 4.78 is 28.8. The van der Waals surface area contributed by atoms with E-state index in [0.717, 1.165) is 11.4 Å². The Labute approximate surface area is 138 Å². The first-order valence-corrected chi connectivity index (χ1v) is 8.66. The van der Waals surface area contributed by atoms with E-state index in [4.69, 9.17) is 11.6 Å². The van der Waals surface area contributed by atoms with Crippen molar-refractivity contribution in [3.8, 4) is 0 Å². The molecule has 3 rings (SSSR count). The van der Waals surface area contributed by atoms with Gasteiger partial charge in [-0.2, -0.15) is 0 Å². The SMILES string of the molecule is Cc1cc(C)n2c(CNS(=O)(=O)c3cccc(Cl)c3)nnc2n1. The molecule has 7 nitrogen and oxygen atoms in total. The zero-order valence-corrected chi connectivity index (χ0v) is 14.1. The normalized spacial score (nSPS) is 12.0. The Kier molecular flexibility index (Phi) is 4.05. The number of nitrogens with zero attached hydrogens (tertiary/aromatic N) is 4. The van der Waals surface area contributed by atoms with Gasteiger partial charge in [0.25, 0.3) is 5.78 Å². The smallest absolute Gasteiger partial charge is 0.255 e. The molecule has 0 saturated heterocycles. The third-order valence-electron chi connectivity index (χ3n) is 3.29. The minimum Gasteiger partial charge on any atom is -0.266 e. The predicted molar refractivity (Wildman–Crippen MR) is 85.7 cm³/mol. The Morgan fingerprint density at radius 3 is 2.74 bits per heavy atom. The van der Waals surface area contributed by atoms with Crippen LogP contribution in [0.1, 0.15) is 17.2 Å². The zero-order chi connectivity index (χ0) is 16.6. The Bertz CT molecular complexity index is 984.